The van der Waals surface area contributed by atoms with Gasteiger partial charge in [-0.15, -0.1) is 0 Å². The van der Waals surface area contributed by atoms with Crippen molar-refractivity contribution in [2.45, 2.75) is 0 Å². The second kappa shape index (κ2) is 5.06. The van der Waals surface area contributed by atoms with Gasteiger partial charge in [0, 0.05) is 10.9 Å². The number of benzene rings is 2. The topological polar surface area (TPSA) is 74.0 Å². The van der Waals surface area contributed by atoms with Crippen LogP contribution in [-0.2, 0) is 0 Å². The SMILES string of the molecule is N#Cc1cc(-c2ccc(C(=O)O)cc2)nc2ccccc12. The molecule has 0 radical (unpaired) electrons. The molecule has 0 saturated carbocycles. The van der Waals surface area contributed by atoms with E-state index in [1.54, 1.807) is 18.2 Å². The highest BCUT2D eigenvalue weighted by Crippen LogP contribution is 2.24. The molecule has 1 heterocycles. The van der Waals surface area contributed by atoms with Crippen molar-refractivity contribution in [2.75, 3.05) is 0 Å². The van der Waals surface area contributed by atoms with E-state index in [4.69, 9.17) is 5.11 Å². The number of hydrogen-bond acceptors (Lipinski definition) is 3. The molecular formula is C17H10N2O2. The predicted octanol–water partition coefficient (Wildman–Crippen LogP) is 3.47. The number of rotatable bonds is 2. The molecule has 0 aliphatic heterocycles. The van der Waals surface area contributed by atoms with Crippen LogP contribution >= 0.6 is 0 Å². The minimum Gasteiger partial charge on any atom is -0.478 e. The molecule has 21 heavy (non-hydrogen) atoms. The summed E-state index contributed by atoms with van der Waals surface area (Å²) in [6, 6.07) is 17.8. The summed E-state index contributed by atoms with van der Waals surface area (Å²) in [6.45, 7) is 0. The smallest absolute Gasteiger partial charge is 0.335 e. The second-order valence-electron chi connectivity index (χ2n) is 4.57. The number of fused-ring (bicyclic) bond motifs is 1. The van der Waals surface area contributed by atoms with Crippen LogP contribution in [0.5, 0.6) is 0 Å². The van der Waals surface area contributed by atoms with Crippen LogP contribution in [0.2, 0.25) is 0 Å². The number of nitrogens with zero attached hydrogens (tertiary/aromatic N) is 2. The van der Waals surface area contributed by atoms with Gasteiger partial charge in [-0.3, -0.25) is 0 Å². The lowest BCUT2D eigenvalue weighted by Crippen LogP contribution is -1.95. The van der Waals surface area contributed by atoms with Gasteiger partial charge in [0.05, 0.1) is 28.4 Å². The largest absolute Gasteiger partial charge is 0.478 e. The normalized spacial score (nSPS) is 10.2. The van der Waals surface area contributed by atoms with E-state index in [0.717, 1.165) is 16.5 Å². The Hall–Kier alpha value is -3.19. The molecule has 0 aliphatic rings. The zero-order valence-electron chi connectivity index (χ0n) is 10.9. The van der Waals surface area contributed by atoms with Gasteiger partial charge >= 0.3 is 5.97 Å². The third kappa shape index (κ3) is 2.33. The van der Waals surface area contributed by atoms with Crippen molar-refractivity contribution in [1.82, 2.24) is 4.98 Å². The van der Waals surface area contributed by atoms with Gasteiger partial charge < -0.3 is 5.11 Å². The quantitative estimate of drug-likeness (QED) is 0.776. The van der Waals surface area contributed by atoms with E-state index in [0.29, 0.717) is 11.3 Å². The highest BCUT2D eigenvalue weighted by Gasteiger charge is 2.08. The Balaban J connectivity index is 2.16. The highest BCUT2D eigenvalue weighted by molar-refractivity contribution is 5.89. The van der Waals surface area contributed by atoms with Crippen LogP contribution in [0.4, 0.5) is 0 Å². The molecule has 4 heteroatoms. The van der Waals surface area contributed by atoms with Crippen LogP contribution in [0.25, 0.3) is 22.2 Å². The minimum atomic E-state index is -0.967. The number of carboxylic acids is 1. The first-order chi connectivity index (χ1) is 10.2. The maximum Gasteiger partial charge on any atom is 0.335 e. The molecule has 4 nitrogen and oxygen atoms in total. The zero-order valence-corrected chi connectivity index (χ0v) is 10.9. The van der Waals surface area contributed by atoms with Crippen molar-refractivity contribution >= 4 is 16.9 Å². The summed E-state index contributed by atoms with van der Waals surface area (Å²) >= 11 is 0. The molecule has 0 aliphatic carbocycles. The monoisotopic (exact) mass is 274 g/mol. The number of carboxylic acid groups (broad SMARTS) is 1. The van der Waals surface area contributed by atoms with Crippen LogP contribution in [0.3, 0.4) is 0 Å². The third-order valence-corrected chi connectivity index (χ3v) is 3.26. The number of aromatic nitrogens is 1. The molecule has 2 aromatic carbocycles. The van der Waals surface area contributed by atoms with Crippen LogP contribution in [0.1, 0.15) is 15.9 Å². The van der Waals surface area contributed by atoms with E-state index in [-0.39, 0.29) is 5.56 Å². The summed E-state index contributed by atoms with van der Waals surface area (Å²) in [4.78, 5) is 15.4. The van der Waals surface area contributed by atoms with E-state index >= 15 is 0 Å². The number of carbonyl (C=O) groups is 1. The fourth-order valence-electron chi connectivity index (χ4n) is 2.20. The molecule has 0 atom stereocenters. The van der Waals surface area contributed by atoms with Crippen molar-refractivity contribution in [3.05, 3.63) is 65.7 Å². The summed E-state index contributed by atoms with van der Waals surface area (Å²) in [5, 5.41) is 19.0. The van der Waals surface area contributed by atoms with Gasteiger partial charge in [-0.05, 0) is 24.3 Å². The lowest BCUT2D eigenvalue weighted by molar-refractivity contribution is 0.0697. The molecule has 0 amide bonds. The summed E-state index contributed by atoms with van der Waals surface area (Å²) in [5.74, 6) is -0.967. The summed E-state index contributed by atoms with van der Waals surface area (Å²) in [5.41, 5.74) is 2.95. The Morgan fingerprint density at radius 2 is 1.81 bits per heavy atom. The van der Waals surface area contributed by atoms with Crippen molar-refractivity contribution < 1.29 is 9.90 Å². The van der Waals surface area contributed by atoms with Crippen molar-refractivity contribution in [1.29, 1.82) is 5.26 Å². The Bertz CT molecular complexity index is 877. The van der Waals surface area contributed by atoms with E-state index in [1.807, 2.05) is 24.3 Å². The number of para-hydroxylation sites is 1. The van der Waals surface area contributed by atoms with Crippen LogP contribution in [0.15, 0.2) is 54.6 Å². The molecule has 0 saturated heterocycles. The van der Waals surface area contributed by atoms with Gasteiger partial charge in [-0.2, -0.15) is 5.26 Å². The fourth-order valence-corrected chi connectivity index (χ4v) is 2.20. The molecule has 1 N–H and O–H groups in total. The van der Waals surface area contributed by atoms with Crippen LogP contribution < -0.4 is 0 Å². The van der Waals surface area contributed by atoms with Gasteiger partial charge in [0.1, 0.15) is 0 Å². The van der Waals surface area contributed by atoms with Crippen LogP contribution in [-0.4, -0.2) is 16.1 Å². The van der Waals surface area contributed by atoms with E-state index in [9.17, 15) is 10.1 Å². The van der Waals surface area contributed by atoms with Gasteiger partial charge in [0.15, 0.2) is 0 Å². The summed E-state index contributed by atoms with van der Waals surface area (Å²) in [7, 11) is 0. The molecule has 0 bridgehead atoms. The Morgan fingerprint density at radius 1 is 1.10 bits per heavy atom. The van der Waals surface area contributed by atoms with Gasteiger partial charge in [-0.1, -0.05) is 30.3 Å². The van der Waals surface area contributed by atoms with Gasteiger partial charge in [-0.25, -0.2) is 9.78 Å². The molecule has 3 aromatic rings. The number of aromatic carboxylic acids is 1. The molecule has 100 valence electrons. The number of nitriles is 1. The lowest BCUT2D eigenvalue weighted by atomic mass is 10.0. The van der Waals surface area contributed by atoms with Gasteiger partial charge in [0.2, 0.25) is 0 Å². The average Bonchev–Trinajstić information content (AvgIpc) is 2.53. The number of hydrogen-bond donors (Lipinski definition) is 1. The second-order valence-corrected chi connectivity index (χ2v) is 4.57. The fraction of sp³-hybridized carbons (Fsp3) is 0. The molecule has 1 aromatic heterocycles. The Labute approximate surface area is 120 Å². The predicted molar refractivity (Wildman–Crippen MR) is 78.9 cm³/mol. The first-order valence-electron chi connectivity index (χ1n) is 6.32. The maximum absolute atomic E-state index is 10.9. The summed E-state index contributed by atoms with van der Waals surface area (Å²) in [6.07, 6.45) is 0. The van der Waals surface area contributed by atoms with Crippen molar-refractivity contribution in [3.63, 3.8) is 0 Å². The molecular weight excluding hydrogens is 264 g/mol. The zero-order chi connectivity index (χ0) is 14.8. The Kier molecular flexibility index (Phi) is 3.09. The van der Waals surface area contributed by atoms with E-state index in [1.165, 1.54) is 12.1 Å². The van der Waals surface area contributed by atoms with Gasteiger partial charge in [0.25, 0.3) is 0 Å². The molecule has 0 fully saturated rings. The minimum absolute atomic E-state index is 0.222. The molecule has 0 spiro atoms. The molecule has 3 rings (SSSR count). The third-order valence-electron chi connectivity index (χ3n) is 3.26. The standard InChI is InChI=1S/C17H10N2O2/c18-10-13-9-16(19-15-4-2-1-3-14(13)15)11-5-7-12(8-6-11)17(20)21/h1-9H,(H,20,21). The lowest BCUT2D eigenvalue weighted by Gasteiger charge is -2.05. The first kappa shape index (κ1) is 12.8. The van der Waals surface area contributed by atoms with Crippen molar-refractivity contribution in [3.8, 4) is 17.3 Å². The average molecular weight is 274 g/mol. The van der Waals surface area contributed by atoms with Crippen molar-refractivity contribution in [2.24, 2.45) is 0 Å². The summed E-state index contributed by atoms with van der Waals surface area (Å²) < 4.78 is 0. The van der Waals surface area contributed by atoms with E-state index < -0.39 is 5.97 Å². The number of pyridine rings is 1. The Morgan fingerprint density at radius 3 is 2.48 bits per heavy atom. The maximum atomic E-state index is 10.9. The van der Waals surface area contributed by atoms with E-state index in [2.05, 4.69) is 11.1 Å². The molecule has 0 unspecified atom stereocenters. The van der Waals surface area contributed by atoms with Crippen LogP contribution in [0, 0.1) is 11.3 Å². The highest BCUT2D eigenvalue weighted by atomic mass is 16.4. The first-order valence-corrected chi connectivity index (χ1v) is 6.32.